The highest BCUT2D eigenvalue weighted by Crippen LogP contribution is 2.40. The molecule has 0 saturated carbocycles. The van der Waals surface area contributed by atoms with Gasteiger partial charge in [0.15, 0.2) is 18.9 Å². The molecule has 6 saturated heterocycles. The molecule has 0 spiro atoms. The van der Waals surface area contributed by atoms with Gasteiger partial charge in [-0.2, -0.15) is 0 Å². The number of carbonyl (C=O) groups is 3. The summed E-state index contributed by atoms with van der Waals surface area (Å²) in [4.78, 5) is 36.9. The summed E-state index contributed by atoms with van der Waals surface area (Å²) < 4.78 is 126. The highest BCUT2D eigenvalue weighted by Gasteiger charge is 2.62. The van der Waals surface area contributed by atoms with Crippen LogP contribution in [-0.2, 0) is 153 Å². The molecule has 9 heterocycles. The van der Waals surface area contributed by atoms with Crippen LogP contribution in [0.4, 0.5) is 0 Å². The van der Waals surface area contributed by atoms with Crippen LogP contribution >= 0.6 is 0 Å². The zero-order valence-corrected chi connectivity index (χ0v) is 62.7. The van der Waals surface area contributed by atoms with E-state index in [1.807, 2.05) is 0 Å². The van der Waals surface area contributed by atoms with E-state index >= 15 is 0 Å². The Balaban J connectivity index is 0.666. The molecule has 6 fully saturated rings. The summed E-state index contributed by atoms with van der Waals surface area (Å²) >= 11 is 0. The van der Waals surface area contributed by atoms with Crippen LogP contribution in [0.15, 0.2) is 18.6 Å². The Bertz CT molecular complexity index is 3100. The number of aliphatic hydroxyl groups is 6. The Kier molecular flexibility index (Phi) is 37.8. The second-order valence-electron chi connectivity index (χ2n) is 27.3. The molecule has 0 aliphatic carbocycles. The molecule has 6 aliphatic heterocycles. The van der Waals surface area contributed by atoms with Crippen molar-refractivity contribution in [3.63, 3.8) is 0 Å². The molecule has 6 aliphatic rings. The third-order valence-corrected chi connectivity index (χ3v) is 18.3. The van der Waals surface area contributed by atoms with Gasteiger partial charge in [-0.1, -0.05) is 22.1 Å². The predicted molar refractivity (Wildman–Crippen MR) is 369 cm³/mol. The third kappa shape index (κ3) is 28.0. The van der Waals surface area contributed by atoms with Crippen molar-refractivity contribution < 1.29 is 144 Å². The van der Waals surface area contributed by atoms with Crippen LogP contribution in [-0.4, -0.2) is 382 Å². The van der Waals surface area contributed by atoms with Gasteiger partial charge in [0.1, 0.15) is 83.0 Å². The first-order valence-electron chi connectivity index (χ1n) is 37.3. The largest absolute Gasteiger partial charge is 0.390 e. The fraction of sp³-hybridized carbons (Fsp3) is 0.866. The number of nitrogens with one attached hydrogen (secondary N) is 3. The van der Waals surface area contributed by atoms with E-state index in [2.05, 4.69) is 46.9 Å². The van der Waals surface area contributed by atoms with Crippen molar-refractivity contribution >= 4 is 17.7 Å². The summed E-state index contributed by atoms with van der Waals surface area (Å²) in [7, 11) is 0. The molecule has 110 heavy (non-hydrogen) atoms. The number of carbonyl (C=O) groups excluding carboxylic acids is 3. The van der Waals surface area contributed by atoms with Crippen LogP contribution in [0.25, 0.3) is 0 Å². The second-order valence-corrected chi connectivity index (χ2v) is 27.3. The minimum Gasteiger partial charge on any atom is -0.390 e. The number of nitrogens with zero attached hydrogens (tertiary/aromatic N) is 9. The SMILES string of the molecule is CC(=O)N[C@H]1[C@H]2OC[C@](COCCOCCOCCOCCn3cc(COCC(COCc4cn(CCOCCOCCOCCOC[C@]56CO[C@H](C[C@@H](O)[C@H]5O)O6)nn4)(COCc4cn(CCOCCOCCOCCO[C@@]56CO[C@@H](O5)[C@H](NC(C)=O)[C@@H](O)[C@H]6O)nn4)NC(=O)CCCCCN)nn3)(O2)[C@H](O)[C@@H]1O. The molecule has 0 aromatic carbocycles. The minimum absolute atomic E-state index is 0.00717. The van der Waals surface area contributed by atoms with E-state index in [-0.39, 0.29) is 144 Å². The van der Waals surface area contributed by atoms with Crippen molar-refractivity contribution in [2.45, 2.75) is 176 Å². The van der Waals surface area contributed by atoms with Gasteiger partial charge in [0.25, 0.3) is 0 Å². The molecular formula is C67H113N13O30. The molecule has 3 aromatic heterocycles. The van der Waals surface area contributed by atoms with Gasteiger partial charge in [-0.25, -0.2) is 14.0 Å². The van der Waals surface area contributed by atoms with Gasteiger partial charge in [0.2, 0.25) is 23.5 Å². The Labute approximate surface area is 636 Å². The monoisotopic (exact) mass is 1580 g/mol. The lowest BCUT2D eigenvalue weighted by molar-refractivity contribution is -0.320. The number of unbranched alkanes of at least 4 members (excludes halogenated alkanes) is 2. The topological polar surface area (TPSA) is 521 Å². The van der Waals surface area contributed by atoms with Crippen molar-refractivity contribution in [2.75, 3.05) is 198 Å². The van der Waals surface area contributed by atoms with Gasteiger partial charge in [0, 0.05) is 26.7 Å². The first kappa shape index (κ1) is 88.7. The normalized spacial score (nSPS) is 27.4. The summed E-state index contributed by atoms with van der Waals surface area (Å²) in [5.74, 6) is -2.62. The van der Waals surface area contributed by atoms with Crippen LogP contribution < -0.4 is 21.7 Å². The number of hydrogen-bond donors (Lipinski definition) is 10. The molecule has 43 nitrogen and oxygen atoms in total. The lowest BCUT2D eigenvalue weighted by Gasteiger charge is -2.42. The quantitative estimate of drug-likeness (QED) is 0.0235. The summed E-state index contributed by atoms with van der Waals surface area (Å²) in [6.45, 7) is 10.0. The van der Waals surface area contributed by atoms with Gasteiger partial charge in [-0.15, -0.1) is 15.3 Å². The highest BCUT2D eigenvalue weighted by molar-refractivity contribution is 5.77. The van der Waals surface area contributed by atoms with Gasteiger partial charge in [-0.3, -0.25) is 14.4 Å². The highest BCUT2D eigenvalue weighted by atomic mass is 16.8. The van der Waals surface area contributed by atoms with E-state index in [0.29, 0.717) is 142 Å². The van der Waals surface area contributed by atoms with Crippen LogP contribution in [0.2, 0.25) is 0 Å². The average molecular weight is 1580 g/mol. The fourth-order valence-corrected chi connectivity index (χ4v) is 12.6. The molecule has 9 rings (SSSR count). The summed E-state index contributed by atoms with van der Waals surface area (Å²) in [5.41, 5.74) is 3.74. The Morgan fingerprint density at radius 1 is 0.482 bits per heavy atom. The average Bonchev–Trinajstić information content (AvgIpc) is 1.60. The lowest BCUT2D eigenvalue weighted by atomic mass is 9.88. The lowest BCUT2D eigenvalue weighted by Crippen LogP contribution is -2.66. The Morgan fingerprint density at radius 3 is 1.34 bits per heavy atom. The smallest absolute Gasteiger partial charge is 0.224 e. The first-order valence-corrected chi connectivity index (χ1v) is 37.3. The predicted octanol–water partition coefficient (Wildman–Crippen LogP) is -6.12. The van der Waals surface area contributed by atoms with E-state index in [9.17, 15) is 45.0 Å². The van der Waals surface area contributed by atoms with Gasteiger partial charge < -0.3 is 152 Å². The number of amides is 3. The van der Waals surface area contributed by atoms with E-state index in [0.717, 1.165) is 12.8 Å². The molecule has 1 unspecified atom stereocenters. The maximum Gasteiger partial charge on any atom is 0.224 e. The molecule has 11 N–H and O–H groups in total. The second kappa shape index (κ2) is 46.9. The van der Waals surface area contributed by atoms with Crippen molar-refractivity contribution in [3.05, 3.63) is 35.7 Å². The molecule has 43 heteroatoms. The van der Waals surface area contributed by atoms with Gasteiger partial charge >= 0.3 is 0 Å². The maximum absolute atomic E-state index is 13.8. The molecular weight excluding hydrogens is 1470 g/mol. The molecule has 0 radical (unpaired) electrons. The molecule has 3 amide bonds. The number of ether oxygens (including phenoxy) is 21. The van der Waals surface area contributed by atoms with E-state index in [4.69, 9.17) is 105 Å². The molecule has 3 aromatic rings. The van der Waals surface area contributed by atoms with Gasteiger partial charge in [-0.05, 0) is 19.4 Å². The van der Waals surface area contributed by atoms with Crippen molar-refractivity contribution in [3.8, 4) is 0 Å². The van der Waals surface area contributed by atoms with E-state index < -0.39 is 96.0 Å². The third-order valence-electron chi connectivity index (χ3n) is 18.3. The fourth-order valence-electron chi connectivity index (χ4n) is 12.6. The Hall–Kier alpha value is -5.29. The van der Waals surface area contributed by atoms with Crippen molar-refractivity contribution in [1.82, 2.24) is 60.9 Å². The summed E-state index contributed by atoms with van der Waals surface area (Å²) in [5, 5.41) is 97.1. The maximum atomic E-state index is 13.8. The zero-order valence-electron chi connectivity index (χ0n) is 62.7. The van der Waals surface area contributed by atoms with E-state index in [1.165, 1.54) is 13.8 Å². The minimum atomic E-state index is -1.58. The number of rotatable bonds is 61. The van der Waals surface area contributed by atoms with E-state index in [1.54, 1.807) is 32.6 Å². The zero-order chi connectivity index (χ0) is 77.9. The van der Waals surface area contributed by atoms with Crippen LogP contribution in [0, 0.1) is 0 Å². The first-order chi connectivity index (χ1) is 53.4. The van der Waals surface area contributed by atoms with Crippen LogP contribution in [0.3, 0.4) is 0 Å². The standard InChI is InChI=1S/C67H113N13O30/c1-47(81)69-55-57(85)60(88)66(45-105-62(55)109-66)43-100-29-27-97-23-21-94-18-15-91-12-9-79-34-50(73-76-79)37-102-40-64(71-53(84)6-4-3-5-7-68,39-101-36-49-33-78(75-72-49)8-11-90-14-17-93-20-22-96-26-28-99-42-65-44-104-54(108-65)32-52(83)59(65)87)41-103-38-51-35-80(77-74-51)10-13-92-16-19-95-24-25-98-30-31-107-67-46-106-63(110-67)56(70-48(2)82)58(86)61(67)89/h33-35,52,54-63,83,85-89H,3-32,36-46,68H2,1-2H3,(H,69,81)(H,70,82)(H,71,84)/t52-,54+,55-,56-,57-,58-,59-,60-,61-,62+,63+,64?,65+,66+,67+/m1/s1. The van der Waals surface area contributed by atoms with Crippen LogP contribution in [0.1, 0.15) is 63.0 Å². The summed E-state index contributed by atoms with van der Waals surface area (Å²) in [6.07, 6.45) is -2.13. The number of fused-ring (bicyclic) bond motifs is 6. The molecule has 6 bridgehead atoms. The van der Waals surface area contributed by atoms with Crippen molar-refractivity contribution in [1.29, 1.82) is 0 Å². The number of aromatic nitrogens is 9. The number of nitrogens with two attached hydrogens (primary N) is 1. The van der Waals surface area contributed by atoms with Gasteiger partial charge in [0.05, 0.1) is 249 Å². The van der Waals surface area contributed by atoms with Crippen molar-refractivity contribution in [2.24, 2.45) is 5.73 Å². The molecule has 626 valence electrons. The number of hydrogen-bond acceptors (Lipinski definition) is 37. The molecule has 15 atom stereocenters. The van der Waals surface area contributed by atoms with Crippen LogP contribution in [0.5, 0.6) is 0 Å². The Morgan fingerprint density at radius 2 is 0.882 bits per heavy atom. The number of aliphatic hydroxyl groups excluding tert-OH is 6. The summed E-state index contributed by atoms with van der Waals surface area (Å²) in [6, 6.07) is -1.84.